The first-order chi connectivity index (χ1) is 24.0. The highest BCUT2D eigenvalue weighted by Crippen LogP contribution is 2.46. The van der Waals surface area contributed by atoms with Gasteiger partial charge in [-0.15, -0.1) is 11.3 Å². The molecule has 0 saturated heterocycles. The Hall–Kier alpha value is -5.69. The van der Waals surface area contributed by atoms with Crippen molar-refractivity contribution in [1.82, 2.24) is 4.98 Å². The SMILES string of the molecule is O=C(O)/C(=C/c1sc2cc(OCc3ccccc3)c(OCc3ccc(-c4ccccc4)cc3)cc2c1-c1ccc(Cl)cc1)c1ccncc1. The third-order valence-electron chi connectivity index (χ3n) is 8.10. The van der Waals surface area contributed by atoms with Crippen molar-refractivity contribution in [3.05, 3.63) is 172 Å². The molecule has 0 amide bonds. The summed E-state index contributed by atoms with van der Waals surface area (Å²) in [5, 5.41) is 11.8. The molecular weight excluding hydrogens is 650 g/mol. The van der Waals surface area contributed by atoms with E-state index in [4.69, 9.17) is 21.1 Å². The van der Waals surface area contributed by atoms with Gasteiger partial charge in [0.15, 0.2) is 11.5 Å². The van der Waals surface area contributed by atoms with Gasteiger partial charge in [0.25, 0.3) is 0 Å². The Morgan fingerprint density at radius 1 is 0.694 bits per heavy atom. The van der Waals surface area contributed by atoms with Crippen molar-refractivity contribution in [1.29, 1.82) is 0 Å². The molecule has 0 aliphatic heterocycles. The van der Waals surface area contributed by atoms with E-state index in [0.717, 1.165) is 48.3 Å². The van der Waals surface area contributed by atoms with Gasteiger partial charge in [-0.3, -0.25) is 4.98 Å². The van der Waals surface area contributed by atoms with E-state index in [1.165, 1.54) is 11.3 Å². The predicted molar refractivity (Wildman–Crippen MR) is 199 cm³/mol. The van der Waals surface area contributed by atoms with E-state index in [9.17, 15) is 9.90 Å². The zero-order valence-electron chi connectivity index (χ0n) is 26.3. The monoisotopic (exact) mass is 679 g/mol. The molecule has 0 bridgehead atoms. The van der Waals surface area contributed by atoms with Crippen LogP contribution >= 0.6 is 22.9 Å². The highest BCUT2D eigenvalue weighted by molar-refractivity contribution is 7.20. The van der Waals surface area contributed by atoms with Gasteiger partial charge < -0.3 is 14.6 Å². The van der Waals surface area contributed by atoms with Crippen molar-refractivity contribution < 1.29 is 19.4 Å². The molecule has 5 aromatic carbocycles. The molecule has 1 N–H and O–H groups in total. The topological polar surface area (TPSA) is 68.7 Å². The highest BCUT2D eigenvalue weighted by atomic mass is 35.5. The number of carboxylic acid groups (broad SMARTS) is 1. The number of thiophene rings is 1. The number of aromatic nitrogens is 1. The number of rotatable bonds is 11. The minimum Gasteiger partial charge on any atom is -0.485 e. The van der Waals surface area contributed by atoms with Crippen LogP contribution in [0.3, 0.4) is 0 Å². The van der Waals surface area contributed by atoms with E-state index in [2.05, 4.69) is 41.4 Å². The number of carbonyl (C=O) groups is 1. The molecule has 7 aromatic rings. The Balaban J connectivity index is 1.32. The smallest absolute Gasteiger partial charge is 0.336 e. The van der Waals surface area contributed by atoms with Crippen molar-refractivity contribution in [3.63, 3.8) is 0 Å². The molecule has 0 saturated carbocycles. The van der Waals surface area contributed by atoms with E-state index in [1.54, 1.807) is 30.6 Å². The maximum atomic E-state index is 12.5. The molecule has 0 fully saturated rings. The Morgan fingerprint density at radius 2 is 1.27 bits per heavy atom. The summed E-state index contributed by atoms with van der Waals surface area (Å²) in [7, 11) is 0. The molecule has 0 aliphatic carbocycles. The third-order valence-corrected chi connectivity index (χ3v) is 9.46. The molecule has 0 radical (unpaired) electrons. The zero-order chi connectivity index (χ0) is 33.6. The Labute approximate surface area is 293 Å². The molecule has 7 heteroatoms. The first-order valence-electron chi connectivity index (χ1n) is 15.7. The van der Waals surface area contributed by atoms with Gasteiger partial charge in [0, 0.05) is 44.0 Å². The minimum atomic E-state index is -1.03. The normalized spacial score (nSPS) is 11.4. The highest BCUT2D eigenvalue weighted by Gasteiger charge is 2.20. The second-order valence-corrected chi connectivity index (χ2v) is 12.9. The van der Waals surface area contributed by atoms with Gasteiger partial charge in [-0.05, 0) is 69.8 Å². The van der Waals surface area contributed by atoms with Crippen LogP contribution in [0, 0.1) is 0 Å². The van der Waals surface area contributed by atoms with Crippen LogP contribution < -0.4 is 9.47 Å². The zero-order valence-corrected chi connectivity index (χ0v) is 27.8. The van der Waals surface area contributed by atoms with E-state index in [-0.39, 0.29) is 5.57 Å². The van der Waals surface area contributed by atoms with Gasteiger partial charge in [-0.1, -0.05) is 109 Å². The summed E-state index contributed by atoms with van der Waals surface area (Å²) in [6, 6.07) is 43.5. The summed E-state index contributed by atoms with van der Waals surface area (Å²) in [6.45, 7) is 0.697. The Morgan fingerprint density at radius 3 is 1.92 bits per heavy atom. The second kappa shape index (κ2) is 14.6. The lowest BCUT2D eigenvalue weighted by Crippen LogP contribution is -2.01. The largest absolute Gasteiger partial charge is 0.485 e. The molecule has 2 aromatic heterocycles. The van der Waals surface area contributed by atoms with Gasteiger partial charge >= 0.3 is 5.97 Å². The van der Waals surface area contributed by atoms with E-state index < -0.39 is 5.97 Å². The fourth-order valence-corrected chi connectivity index (χ4v) is 6.92. The Kier molecular flexibility index (Phi) is 9.50. The van der Waals surface area contributed by atoms with Gasteiger partial charge in [0.05, 0.1) is 5.57 Å². The fourth-order valence-electron chi connectivity index (χ4n) is 5.62. The second-order valence-electron chi connectivity index (χ2n) is 11.4. The molecule has 0 unspecified atom stereocenters. The maximum absolute atomic E-state index is 12.5. The number of pyridine rings is 1. The van der Waals surface area contributed by atoms with Crippen LogP contribution in [-0.4, -0.2) is 16.1 Å². The summed E-state index contributed by atoms with van der Waals surface area (Å²) in [4.78, 5) is 17.4. The van der Waals surface area contributed by atoms with Crippen molar-refractivity contribution in [2.24, 2.45) is 0 Å². The van der Waals surface area contributed by atoms with Gasteiger partial charge in [-0.25, -0.2) is 4.79 Å². The third kappa shape index (κ3) is 7.41. The number of fused-ring (bicyclic) bond motifs is 1. The van der Waals surface area contributed by atoms with Crippen LogP contribution in [0.5, 0.6) is 11.5 Å². The molecule has 0 atom stereocenters. The quantitative estimate of drug-likeness (QED) is 0.138. The van der Waals surface area contributed by atoms with Crippen LogP contribution in [0.15, 0.2) is 146 Å². The van der Waals surface area contributed by atoms with Crippen molar-refractivity contribution in [2.75, 3.05) is 0 Å². The lowest BCUT2D eigenvalue weighted by molar-refractivity contribution is -0.130. The van der Waals surface area contributed by atoms with E-state index >= 15 is 0 Å². The number of carboxylic acids is 1. The number of nitrogens with zero attached hydrogens (tertiary/aromatic N) is 1. The lowest BCUT2D eigenvalue weighted by Gasteiger charge is -2.14. The van der Waals surface area contributed by atoms with Crippen LogP contribution in [-0.2, 0) is 18.0 Å². The maximum Gasteiger partial charge on any atom is 0.336 e. The number of hydrogen-bond acceptors (Lipinski definition) is 5. The molecular formula is C42H30ClNO4S. The van der Waals surface area contributed by atoms with E-state index in [0.29, 0.717) is 35.3 Å². The average Bonchev–Trinajstić information content (AvgIpc) is 3.50. The standard InChI is InChI=1S/C42H30ClNO4S/c43-34-17-15-33(16-18-34)41-36-23-37(47-27-29-11-13-31(14-12-29)30-9-5-2-6-10-30)38(48-26-28-7-3-1-4-8-28)25-39(36)49-40(41)24-35(42(45)46)32-19-21-44-22-20-32/h1-25H,26-27H2,(H,45,46)/b35-24+. The number of benzene rings is 5. The summed E-state index contributed by atoms with van der Waals surface area (Å²) >= 11 is 7.78. The molecule has 2 heterocycles. The van der Waals surface area contributed by atoms with Crippen molar-refractivity contribution in [2.45, 2.75) is 13.2 Å². The lowest BCUT2D eigenvalue weighted by atomic mass is 9.99. The number of ether oxygens (including phenoxy) is 2. The number of hydrogen-bond donors (Lipinski definition) is 1. The fraction of sp³-hybridized carbons (Fsp3) is 0.0476. The Bertz CT molecular complexity index is 2230. The van der Waals surface area contributed by atoms with Crippen LogP contribution in [0.1, 0.15) is 21.6 Å². The predicted octanol–water partition coefficient (Wildman–Crippen LogP) is 11.1. The summed E-state index contributed by atoms with van der Waals surface area (Å²) < 4.78 is 13.8. The molecule has 0 aliphatic rings. The molecule has 0 spiro atoms. The van der Waals surface area contributed by atoms with Crippen molar-refractivity contribution in [3.8, 4) is 33.8 Å². The van der Waals surface area contributed by atoms with Gasteiger partial charge in [0.2, 0.25) is 0 Å². The summed E-state index contributed by atoms with van der Waals surface area (Å²) in [5.41, 5.74) is 6.86. The number of aliphatic carboxylic acids is 1. The first kappa shape index (κ1) is 31.9. The van der Waals surface area contributed by atoms with Crippen molar-refractivity contribution >= 4 is 50.6 Å². The summed E-state index contributed by atoms with van der Waals surface area (Å²) in [5.74, 6) is 0.163. The van der Waals surface area contributed by atoms with Crippen LogP contribution in [0.25, 0.3) is 44.0 Å². The number of halogens is 1. The molecule has 49 heavy (non-hydrogen) atoms. The van der Waals surface area contributed by atoms with E-state index in [1.807, 2.05) is 84.9 Å². The molecule has 240 valence electrons. The molecule has 5 nitrogen and oxygen atoms in total. The summed E-state index contributed by atoms with van der Waals surface area (Å²) in [6.07, 6.45) is 4.91. The minimum absolute atomic E-state index is 0.167. The van der Waals surface area contributed by atoms with Crippen LogP contribution in [0.2, 0.25) is 5.02 Å². The first-order valence-corrected chi connectivity index (χ1v) is 16.9. The van der Waals surface area contributed by atoms with Gasteiger partial charge in [0.1, 0.15) is 13.2 Å². The molecule has 7 rings (SSSR count). The average molecular weight is 680 g/mol. The van der Waals surface area contributed by atoms with Crippen LogP contribution in [0.4, 0.5) is 0 Å². The van der Waals surface area contributed by atoms with Gasteiger partial charge in [-0.2, -0.15) is 0 Å².